The summed E-state index contributed by atoms with van der Waals surface area (Å²) >= 11 is 0. The fraction of sp³-hybridized carbons (Fsp3) is 0.700. The average molecular weight is 224 g/mol. The number of hydrogen-bond donors (Lipinski definition) is 2. The van der Waals surface area contributed by atoms with Gasteiger partial charge in [0.2, 0.25) is 5.89 Å². The summed E-state index contributed by atoms with van der Waals surface area (Å²) in [6.07, 6.45) is 2.06. The van der Waals surface area contributed by atoms with Crippen LogP contribution in [0.5, 0.6) is 0 Å². The smallest absolute Gasteiger partial charge is 0.292 e. The van der Waals surface area contributed by atoms with Gasteiger partial charge < -0.3 is 15.6 Å². The molecule has 0 saturated heterocycles. The van der Waals surface area contributed by atoms with Crippen molar-refractivity contribution in [3.05, 3.63) is 11.7 Å². The summed E-state index contributed by atoms with van der Waals surface area (Å²) in [5.41, 5.74) is 5.84. The maximum absolute atomic E-state index is 11.6. The van der Waals surface area contributed by atoms with Gasteiger partial charge in [-0.15, -0.1) is 0 Å². The van der Waals surface area contributed by atoms with E-state index in [1.54, 1.807) is 0 Å². The van der Waals surface area contributed by atoms with Crippen molar-refractivity contribution in [2.24, 2.45) is 11.7 Å². The second-order valence-corrected chi connectivity index (χ2v) is 4.47. The Morgan fingerprint density at radius 2 is 2.25 bits per heavy atom. The van der Waals surface area contributed by atoms with Gasteiger partial charge in [-0.25, -0.2) is 0 Å². The van der Waals surface area contributed by atoms with Gasteiger partial charge in [-0.2, -0.15) is 4.98 Å². The number of carbonyl (C=O) groups is 1. The van der Waals surface area contributed by atoms with E-state index < -0.39 is 0 Å². The van der Waals surface area contributed by atoms with Gasteiger partial charge in [0.1, 0.15) is 0 Å². The Kier molecular flexibility index (Phi) is 2.91. The molecule has 0 bridgehead atoms. The summed E-state index contributed by atoms with van der Waals surface area (Å²) in [6, 6.07) is -0.0387. The quantitative estimate of drug-likeness (QED) is 0.781. The summed E-state index contributed by atoms with van der Waals surface area (Å²) in [5, 5.41) is 6.41. The van der Waals surface area contributed by atoms with Crippen molar-refractivity contribution in [3.63, 3.8) is 0 Å². The Hall–Kier alpha value is -1.43. The lowest BCUT2D eigenvalue weighted by molar-refractivity contribution is 0.0937. The highest BCUT2D eigenvalue weighted by atomic mass is 16.5. The van der Waals surface area contributed by atoms with Crippen LogP contribution in [-0.2, 0) is 0 Å². The molecule has 0 aromatic carbocycles. The molecule has 1 fully saturated rings. The Morgan fingerprint density at radius 3 is 2.81 bits per heavy atom. The second kappa shape index (κ2) is 4.21. The molecule has 1 saturated carbocycles. The van der Waals surface area contributed by atoms with E-state index >= 15 is 0 Å². The van der Waals surface area contributed by atoms with Gasteiger partial charge in [0.25, 0.3) is 11.7 Å². The molecule has 1 atom stereocenters. The molecule has 1 aliphatic carbocycles. The van der Waals surface area contributed by atoms with E-state index in [4.69, 9.17) is 10.3 Å². The number of rotatable bonds is 4. The van der Waals surface area contributed by atoms with Crippen LogP contribution in [0.2, 0.25) is 0 Å². The molecule has 88 valence electrons. The monoisotopic (exact) mass is 224 g/mol. The average Bonchev–Trinajstić information content (AvgIpc) is 2.92. The van der Waals surface area contributed by atoms with E-state index in [0.29, 0.717) is 5.89 Å². The van der Waals surface area contributed by atoms with Crippen LogP contribution in [0.4, 0.5) is 0 Å². The number of nitrogens with two attached hydrogens (primary N) is 1. The van der Waals surface area contributed by atoms with Crippen LogP contribution in [0.25, 0.3) is 0 Å². The van der Waals surface area contributed by atoms with Crippen molar-refractivity contribution in [2.45, 2.75) is 38.8 Å². The highest BCUT2D eigenvalue weighted by molar-refractivity contribution is 5.90. The first-order chi connectivity index (χ1) is 7.58. The lowest BCUT2D eigenvalue weighted by atomic mass is 10.1. The van der Waals surface area contributed by atoms with E-state index in [9.17, 15) is 4.79 Å². The number of hydrogen-bond acceptors (Lipinski definition) is 5. The molecule has 3 N–H and O–H groups in total. The van der Waals surface area contributed by atoms with E-state index in [0.717, 1.165) is 12.8 Å². The fourth-order valence-corrected chi connectivity index (χ4v) is 1.23. The molecular formula is C10H16N4O2. The number of aromatic nitrogens is 2. The lowest BCUT2D eigenvalue weighted by Gasteiger charge is -2.09. The third kappa shape index (κ3) is 2.38. The van der Waals surface area contributed by atoms with Crippen molar-refractivity contribution in [1.82, 2.24) is 15.5 Å². The normalized spacial score (nSPS) is 17.5. The van der Waals surface area contributed by atoms with Gasteiger partial charge in [-0.05, 0) is 18.8 Å². The van der Waals surface area contributed by atoms with Gasteiger partial charge in [0, 0.05) is 6.04 Å². The highest BCUT2D eigenvalue weighted by Gasteiger charge is 2.27. The largest absolute Gasteiger partial charge is 0.346 e. The van der Waals surface area contributed by atoms with Crippen molar-refractivity contribution in [2.75, 3.05) is 0 Å². The molecule has 0 aliphatic heterocycles. The molecule has 6 nitrogen and oxygen atoms in total. The SMILES string of the molecule is CC(C)C(N)c1nc(C(=O)NC2CC2)no1. The predicted octanol–water partition coefficient (Wildman–Crippen LogP) is 0.618. The molecule has 0 spiro atoms. The zero-order valence-corrected chi connectivity index (χ0v) is 9.43. The van der Waals surface area contributed by atoms with Crippen LogP contribution in [0.3, 0.4) is 0 Å². The summed E-state index contributed by atoms with van der Waals surface area (Å²) in [7, 11) is 0. The van der Waals surface area contributed by atoms with Crippen LogP contribution in [-0.4, -0.2) is 22.1 Å². The first kappa shape index (κ1) is 11.1. The van der Waals surface area contributed by atoms with Gasteiger partial charge in [0.05, 0.1) is 6.04 Å². The van der Waals surface area contributed by atoms with Crippen molar-refractivity contribution in [3.8, 4) is 0 Å². The number of carbonyl (C=O) groups excluding carboxylic acids is 1. The van der Waals surface area contributed by atoms with E-state index in [2.05, 4.69) is 15.5 Å². The summed E-state index contributed by atoms with van der Waals surface area (Å²) in [6.45, 7) is 3.91. The molecule has 1 unspecified atom stereocenters. The minimum Gasteiger partial charge on any atom is -0.346 e. The number of nitrogens with one attached hydrogen (secondary N) is 1. The Balaban J connectivity index is 2.03. The topological polar surface area (TPSA) is 94.0 Å². The molecule has 6 heteroatoms. The second-order valence-electron chi connectivity index (χ2n) is 4.47. The van der Waals surface area contributed by atoms with Crippen molar-refractivity contribution >= 4 is 5.91 Å². The van der Waals surface area contributed by atoms with Gasteiger partial charge in [-0.3, -0.25) is 4.79 Å². The minimum absolute atomic E-state index is 0.0676. The highest BCUT2D eigenvalue weighted by Crippen LogP contribution is 2.20. The van der Waals surface area contributed by atoms with Crippen molar-refractivity contribution < 1.29 is 9.32 Å². The summed E-state index contributed by atoms with van der Waals surface area (Å²) in [4.78, 5) is 15.6. The maximum atomic E-state index is 11.6. The summed E-state index contributed by atoms with van der Waals surface area (Å²) in [5.74, 6) is 0.294. The van der Waals surface area contributed by atoms with E-state index in [1.807, 2.05) is 13.8 Å². The standard InChI is InChI=1S/C10H16N4O2/c1-5(2)7(11)10-13-8(14-16-10)9(15)12-6-3-4-6/h5-7H,3-4,11H2,1-2H3,(H,12,15). The maximum Gasteiger partial charge on any atom is 0.292 e. The fourth-order valence-electron chi connectivity index (χ4n) is 1.23. The molecule has 16 heavy (non-hydrogen) atoms. The number of amides is 1. The van der Waals surface area contributed by atoms with Crippen LogP contribution >= 0.6 is 0 Å². The summed E-state index contributed by atoms with van der Waals surface area (Å²) < 4.78 is 4.96. The van der Waals surface area contributed by atoms with Crippen LogP contribution in [0, 0.1) is 5.92 Å². The zero-order valence-electron chi connectivity index (χ0n) is 9.43. The molecular weight excluding hydrogens is 208 g/mol. The van der Waals surface area contributed by atoms with Gasteiger partial charge >= 0.3 is 0 Å². The van der Waals surface area contributed by atoms with Crippen LogP contribution in [0.15, 0.2) is 4.52 Å². The Morgan fingerprint density at radius 1 is 1.56 bits per heavy atom. The van der Waals surface area contributed by atoms with Gasteiger partial charge in [-0.1, -0.05) is 19.0 Å². The Labute approximate surface area is 93.6 Å². The number of nitrogens with zero attached hydrogens (tertiary/aromatic N) is 2. The van der Waals surface area contributed by atoms with Crippen LogP contribution in [0.1, 0.15) is 49.2 Å². The molecule has 1 amide bonds. The van der Waals surface area contributed by atoms with E-state index in [-0.39, 0.29) is 29.7 Å². The lowest BCUT2D eigenvalue weighted by Crippen LogP contribution is -2.26. The Bertz CT molecular complexity index is 384. The molecule has 2 rings (SSSR count). The first-order valence-corrected chi connectivity index (χ1v) is 5.48. The van der Waals surface area contributed by atoms with Crippen LogP contribution < -0.4 is 11.1 Å². The van der Waals surface area contributed by atoms with Gasteiger partial charge in [0.15, 0.2) is 0 Å². The molecule has 1 aromatic heterocycles. The first-order valence-electron chi connectivity index (χ1n) is 5.48. The third-order valence-corrected chi connectivity index (χ3v) is 2.56. The predicted molar refractivity (Wildman–Crippen MR) is 56.6 cm³/mol. The van der Waals surface area contributed by atoms with Crippen molar-refractivity contribution in [1.29, 1.82) is 0 Å². The molecule has 1 aliphatic rings. The molecule has 1 aromatic rings. The third-order valence-electron chi connectivity index (χ3n) is 2.56. The van der Waals surface area contributed by atoms with E-state index in [1.165, 1.54) is 0 Å². The minimum atomic E-state index is -0.324. The molecule has 1 heterocycles. The molecule has 0 radical (unpaired) electrons. The zero-order chi connectivity index (χ0) is 11.7.